The van der Waals surface area contributed by atoms with Crippen LogP contribution in [0.15, 0.2) is 132 Å². The zero-order valence-electron chi connectivity index (χ0n) is 33.3. The van der Waals surface area contributed by atoms with Gasteiger partial charge in [-0.1, -0.05) is 60.7 Å². The fraction of sp³-hybridized carbons (Fsp3) is 0.186. The molecule has 1 amide bonds. The van der Waals surface area contributed by atoms with Gasteiger partial charge in [0.2, 0.25) is 0 Å². The van der Waals surface area contributed by atoms with Crippen LogP contribution in [0.25, 0.3) is 0 Å². The molecule has 0 bridgehead atoms. The van der Waals surface area contributed by atoms with Crippen LogP contribution in [-0.2, 0) is 45.1 Å². The summed E-state index contributed by atoms with van der Waals surface area (Å²) in [5.41, 5.74) is -1.90. The Morgan fingerprint density at radius 3 is 1.50 bits per heavy atom. The number of pyridine rings is 3. The van der Waals surface area contributed by atoms with Crippen LogP contribution in [-0.4, -0.2) is 57.8 Å². The van der Waals surface area contributed by atoms with Crippen molar-refractivity contribution in [2.45, 2.75) is 45.1 Å². The summed E-state index contributed by atoms with van der Waals surface area (Å²) in [6.07, 6.45) is -3.30. The van der Waals surface area contributed by atoms with E-state index in [-0.39, 0.29) is 35.7 Å². The molecule has 0 saturated carbocycles. The number of rotatable bonds is 13. The van der Waals surface area contributed by atoms with Crippen molar-refractivity contribution in [1.82, 2.24) is 39.0 Å². The summed E-state index contributed by atoms with van der Waals surface area (Å²) >= 11 is 0. The molecule has 14 nitrogen and oxygen atoms in total. The molecular weight excluding hydrogens is 858 g/mol. The van der Waals surface area contributed by atoms with Gasteiger partial charge in [-0.15, -0.1) is 0 Å². The molecule has 2 N–H and O–H groups in total. The molecule has 7 rings (SSSR count). The van der Waals surface area contributed by atoms with Crippen LogP contribution in [0.4, 0.5) is 30.7 Å². The highest BCUT2D eigenvalue weighted by Gasteiger charge is 2.40. The molecule has 0 aliphatic carbocycles. The van der Waals surface area contributed by atoms with Crippen molar-refractivity contribution >= 4 is 11.9 Å². The van der Waals surface area contributed by atoms with Gasteiger partial charge in [-0.05, 0) is 34.4 Å². The van der Waals surface area contributed by atoms with Crippen molar-refractivity contribution in [3.63, 3.8) is 0 Å². The number of aromatic nitrogens is 7. The number of carboxylic acid groups (broad SMARTS) is 1. The highest BCUT2D eigenvalue weighted by atomic mass is 19.4. The second kappa shape index (κ2) is 19.5. The second-order valence-electron chi connectivity index (χ2n) is 13.9. The van der Waals surface area contributed by atoms with Gasteiger partial charge in [-0.3, -0.25) is 28.7 Å². The lowest BCUT2D eigenvalue weighted by molar-refractivity contribution is -0.142. The smallest absolute Gasteiger partial charge is 0.436 e. The number of carboxylic acids is 1. The van der Waals surface area contributed by atoms with Gasteiger partial charge in [0, 0.05) is 49.2 Å². The summed E-state index contributed by atoms with van der Waals surface area (Å²) in [5, 5.41) is 18.1. The molecule has 0 spiro atoms. The molecule has 5 aromatic heterocycles. The van der Waals surface area contributed by atoms with E-state index in [1.807, 2.05) is 0 Å². The van der Waals surface area contributed by atoms with E-state index in [1.165, 1.54) is 40.6 Å². The fourth-order valence-corrected chi connectivity index (χ4v) is 6.20. The van der Waals surface area contributed by atoms with Gasteiger partial charge >= 0.3 is 18.3 Å². The number of alkyl halides is 6. The summed E-state index contributed by atoms with van der Waals surface area (Å²) < 4.78 is 104. The molecular formula is C43H35F7N8O6. The highest BCUT2D eigenvalue weighted by Crippen LogP contribution is 2.32. The van der Waals surface area contributed by atoms with E-state index >= 15 is 0 Å². The third kappa shape index (κ3) is 11.5. The normalized spacial score (nSPS) is 11.4. The molecule has 0 aliphatic heterocycles. The summed E-state index contributed by atoms with van der Waals surface area (Å²) in [4.78, 5) is 51.0. The Labute approximate surface area is 357 Å². The molecule has 332 valence electrons. The number of ether oxygens (including phenoxy) is 1. The van der Waals surface area contributed by atoms with E-state index in [4.69, 9.17) is 9.84 Å². The van der Waals surface area contributed by atoms with Crippen molar-refractivity contribution in [3.8, 4) is 5.75 Å². The molecule has 0 radical (unpaired) electrons. The minimum atomic E-state index is -4.88. The standard InChI is InChI=1S/C25H21F4N5O3.C18H14F3N3O3/c1-37-20-9-10-30-19(22(20)26)12-31-24(36)18-15-34(32-23(18)25(27,28)29)14-17-7-5-16(6-8-17)13-33-11-3-2-4-21(33)35;19-18(20,21)16-14(17(26)27)11-24(22-16)10-13-6-4-12(5-7-13)9-23-8-2-1-3-15(23)25/h2-11,15H,12-14H2,1H3,(H,31,36);1-8,11H,9-10H2,(H,26,27). The van der Waals surface area contributed by atoms with Crippen molar-refractivity contribution in [2.24, 2.45) is 0 Å². The lowest BCUT2D eigenvalue weighted by Gasteiger charge is -2.09. The van der Waals surface area contributed by atoms with Crippen LogP contribution in [0.2, 0.25) is 0 Å². The van der Waals surface area contributed by atoms with Crippen molar-refractivity contribution in [3.05, 3.63) is 199 Å². The Morgan fingerprint density at radius 1 is 0.656 bits per heavy atom. The lowest BCUT2D eigenvalue weighted by atomic mass is 10.1. The predicted molar refractivity (Wildman–Crippen MR) is 214 cm³/mol. The van der Waals surface area contributed by atoms with Crippen LogP contribution in [0.3, 0.4) is 0 Å². The van der Waals surface area contributed by atoms with E-state index in [0.717, 1.165) is 32.9 Å². The third-order valence-corrected chi connectivity index (χ3v) is 9.34. The van der Waals surface area contributed by atoms with Gasteiger partial charge in [-0.25, -0.2) is 9.18 Å². The molecule has 2 aromatic carbocycles. The number of amides is 1. The highest BCUT2D eigenvalue weighted by molar-refractivity contribution is 5.95. The molecule has 64 heavy (non-hydrogen) atoms. The maximum absolute atomic E-state index is 14.3. The average molecular weight is 893 g/mol. The lowest BCUT2D eigenvalue weighted by Crippen LogP contribution is -2.26. The Morgan fingerprint density at radius 2 is 1.09 bits per heavy atom. The maximum atomic E-state index is 14.3. The molecule has 0 saturated heterocycles. The summed E-state index contributed by atoms with van der Waals surface area (Å²) in [5.74, 6) is -3.69. The zero-order valence-corrected chi connectivity index (χ0v) is 33.3. The zero-order chi connectivity index (χ0) is 46.2. The molecule has 0 fully saturated rings. The van der Waals surface area contributed by atoms with Gasteiger partial charge in [0.05, 0.1) is 51.1 Å². The van der Waals surface area contributed by atoms with E-state index in [0.29, 0.717) is 24.2 Å². The topological polar surface area (TPSA) is 168 Å². The van der Waals surface area contributed by atoms with E-state index in [2.05, 4.69) is 20.5 Å². The van der Waals surface area contributed by atoms with Crippen LogP contribution >= 0.6 is 0 Å². The average Bonchev–Trinajstić information content (AvgIpc) is 3.90. The van der Waals surface area contributed by atoms with Gasteiger partial charge in [0.25, 0.3) is 17.0 Å². The van der Waals surface area contributed by atoms with E-state index in [1.54, 1.807) is 85.2 Å². The molecule has 5 heterocycles. The largest absolute Gasteiger partial charge is 0.494 e. The van der Waals surface area contributed by atoms with Gasteiger partial charge in [0.1, 0.15) is 5.56 Å². The molecule has 0 atom stereocenters. The number of carbonyl (C=O) groups is 2. The van der Waals surface area contributed by atoms with Gasteiger partial charge < -0.3 is 24.3 Å². The first kappa shape index (κ1) is 45.7. The number of hydrogen-bond acceptors (Lipinski definition) is 8. The van der Waals surface area contributed by atoms with Crippen LogP contribution in [0.5, 0.6) is 5.75 Å². The molecule has 7 aromatic rings. The van der Waals surface area contributed by atoms with Gasteiger partial charge in [-0.2, -0.15) is 36.5 Å². The minimum Gasteiger partial charge on any atom is -0.494 e. The first-order chi connectivity index (χ1) is 30.4. The van der Waals surface area contributed by atoms with E-state index < -0.39 is 59.1 Å². The molecule has 21 heteroatoms. The quantitative estimate of drug-likeness (QED) is 0.123. The number of halogens is 7. The SMILES string of the molecule is COc1ccnc(CNC(=O)c2cn(Cc3ccc(Cn4ccccc4=O)cc3)nc2C(F)(F)F)c1F.O=C(O)c1cn(Cc2ccc(Cn3ccccc3=O)cc2)nc1C(F)(F)F. The third-order valence-electron chi connectivity index (χ3n) is 9.34. The number of benzene rings is 2. The fourth-order valence-electron chi connectivity index (χ4n) is 6.20. The van der Waals surface area contributed by atoms with Crippen molar-refractivity contribution in [1.29, 1.82) is 0 Å². The molecule has 0 unspecified atom stereocenters. The van der Waals surface area contributed by atoms with Crippen molar-refractivity contribution in [2.75, 3.05) is 7.11 Å². The van der Waals surface area contributed by atoms with E-state index in [9.17, 15) is 49.9 Å². The second-order valence-corrected chi connectivity index (χ2v) is 13.9. The Bertz CT molecular complexity index is 2870. The number of hydrogen-bond donors (Lipinski definition) is 2. The first-order valence-corrected chi connectivity index (χ1v) is 18.8. The Balaban J connectivity index is 0.000000223. The Kier molecular flexibility index (Phi) is 13.9. The number of methoxy groups -OCH3 is 1. The summed E-state index contributed by atoms with van der Waals surface area (Å²) in [6, 6.07) is 24.8. The number of nitrogens with one attached hydrogen (secondary N) is 1. The molecule has 0 aliphatic rings. The minimum absolute atomic E-state index is 0.0120. The van der Waals surface area contributed by atoms with Crippen LogP contribution in [0.1, 0.15) is 60.1 Å². The first-order valence-electron chi connectivity index (χ1n) is 18.8. The summed E-state index contributed by atoms with van der Waals surface area (Å²) in [7, 11) is 1.25. The Hall–Kier alpha value is -7.84. The summed E-state index contributed by atoms with van der Waals surface area (Å²) in [6.45, 7) is 0.211. The number of carbonyl (C=O) groups excluding carboxylic acids is 1. The van der Waals surface area contributed by atoms with Crippen LogP contribution in [0, 0.1) is 5.82 Å². The van der Waals surface area contributed by atoms with Crippen LogP contribution < -0.4 is 21.2 Å². The van der Waals surface area contributed by atoms with Gasteiger partial charge in [0.15, 0.2) is 23.0 Å². The monoisotopic (exact) mass is 892 g/mol. The predicted octanol–water partition coefficient (Wildman–Crippen LogP) is 6.49. The number of aromatic carboxylic acids is 1. The maximum Gasteiger partial charge on any atom is 0.436 e. The van der Waals surface area contributed by atoms with Crippen molar-refractivity contribution < 1.29 is 50.2 Å². The number of nitrogens with zero attached hydrogens (tertiary/aromatic N) is 7.